The second-order valence-electron chi connectivity index (χ2n) is 9.23. The summed E-state index contributed by atoms with van der Waals surface area (Å²) >= 11 is 0. The van der Waals surface area contributed by atoms with Gasteiger partial charge in [0.2, 0.25) is 0 Å². The van der Waals surface area contributed by atoms with E-state index in [0.29, 0.717) is 0 Å². The second kappa shape index (κ2) is 21.9. The Morgan fingerprint density at radius 3 is 0.729 bits per heavy atom. The van der Waals surface area contributed by atoms with Gasteiger partial charge in [-0.1, -0.05) is 48.5 Å². The molecule has 0 bridgehead atoms. The monoisotopic (exact) mass is 888 g/mol. The van der Waals surface area contributed by atoms with Crippen molar-refractivity contribution in [2.75, 3.05) is 0 Å². The standard InChI is InChI=1S/2C14H14N4.2Ag.2ClHO4/c2*1-2-4-14(10-18-8-6-16-12-18)13(3-1)9-17-7-5-15-11-17;;;2*2-1(3,4)5/h2*1-8,11-12H,9-10H2;;;2*(H,2,3,4,5)/q;;2*+1;;/p-2. The molecule has 0 atom stereocenters. The van der Waals surface area contributed by atoms with Crippen LogP contribution >= 0.6 is 0 Å². The number of benzene rings is 2. The summed E-state index contributed by atoms with van der Waals surface area (Å²) < 4.78 is 76.2. The molecule has 20 heteroatoms. The largest absolute Gasteiger partial charge is 1.00 e. The summed E-state index contributed by atoms with van der Waals surface area (Å²) in [6, 6.07) is 16.9. The first kappa shape index (κ1) is 43.0. The van der Waals surface area contributed by atoms with Gasteiger partial charge < -0.3 is 18.3 Å². The molecular weight excluding hydrogens is 863 g/mol. The number of hydrogen-bond donors (Lipinski definition) is 0. The van der Waals surface area contributed by atoms with Crippen molar-refractivity contribution in [2.24, 2.45) is 0 Å². The van der Waals surface area contributed by atoms with E-state index in [4.69, 9.17) is 37.3 Å². The number of hydrogen-bond acceptors (Lipinski definition) is 12. The fraction of sp³-hybridized carbons (Fsp3) is 0.143. The summed E-state index contributed by atoms with van der Waals surface area (Å²) in [7, 11) is -9.89. The van der Waals surface area contributed by atoms with E-state index < -0.39 is 20.5 Å². The Balaban J connectivity index is 0.000000365. The topological polar surface area (TPSA) is 256 Å². The van der Waals surface area contributed by atoms with Crippen molar-refractivity contribution < 1.29 is 103 Å². The summed E-state index contributed by atoms with van der Waals surface area (Å²) in [4.78, 5) is 16.3. The molecule has 0 aliphatic rings. The molecule has 4 aromatic heterocycles. The Morgan fingerprint density at radius 2 is 0.583 bits per heavy atom. The minimum atomic E-state index is -4.94. The zero-order valence-electron chi connectivity index (χ0n) is 24.6. The smallest absolute Gasteiger partial charge is 0.333 e. The Kier molecular flexibility index (Phi) is 19.6. The van der Waals surface area contributed by atoms with Gasteiger partial charge in [0.05, 0.1) is 25.3 Å². The van der Waals surface area contributed by atoms with Crippen LogP contribution in [0.15, 0.2) is 123 Å². The summed E-state index contributed by atoms with van der Waals surface area (Å²) in [5, 5.41) is 0. The van der Waals surface area contributed by atoms with Gasteiger partial charge in [-0.3, -0.25) is 0 Å². The Labute approximate surface area is 310 Å². The van der Waals surface area contributed by atoms with Crippen LogP contribution in [0.4, 0.5) is 0 Å². The van der Waals surface area contributed by atoms with Crippen LogP contribution in [0.3, 0.4) is 0 Å². The molecule has 6 rings (SSSR count). The zero-order valence-corrected chi connectivity index (χ0v) is 29.1. The van der Waals surface area contributed by atoms with Crippen LogP contribution in [0.1, 0.15) is 22.3 Å². The number of imidazole rings is 4. The maximum Gasteiger partial charge on any atom is 1.00 e. The fourth-order valence-corrected chi connectivity index (χ4v) is 4.04. The number of nitrogens with zero attached hydrogens (tertiary/aromatic N) is 8. The number of halogens is 2. The maximum atomic E-state index is 8.49. The Hall–Kier alpha value is -2.98. The van der Waals surface area contributed by atoms with Gasteiger partial charge >= 0.3 is 44.8 Å². The van der Waals surface area contributed by atoms with Crippen molar-refractivity contribution in [3.63, 3.8) is 0 Å². The van der Waals surface area contributed by atoms with E-state index in [9.17, 15) is 0 Å². The molecule has 6 aromatic rings. The summed E-state index contributed by atoms with van der Waals surface area (Å²) in [6.07, 6.45) is 22.5. The summed E-state index contributed by atoms with van der Waals surface area (Å²) in [5.41, 5.74) is 5.24. The van der Waals surface area contributed by atoms with Gasteiger partial charge in [-0.2, -0.15) is 0 Å². The van der Waals surface area contributed by atoms with Crippen LogP contribution in [0.5, 0.6) is 0 Å². The van der Waals surface area contributed by atoms with E-state index in [1.807, 2.05) is 50.1 Å². The van der Waals surface area contributed by atoms with E-state index in [1.54, 1.807) is 24.8 Å². The van der Waals surface area contributed by atoms with E-state index in [0.717, 1.165) is 26.2 Å². The molecular formula is C28H28Ag2Cl2N8O8. The van der Waals surface area contributed by atoms with Crippen molar-refractivity contribution in [3.8, 4) is 0 Å². The number of rotatable bonds is 8. The van der Waals surface area contributed by atoms with Gasteiger partial charge in [0.25, 0.3) is 0 Å². The van der Waals surface area contributed by atoms with E-state index >= 15 is 0 Å². The molecule has 0 N–H and O–H groups in total. The molecule has 0 aliphatic carbocycles. The third kappa shape index (κ3) is 19.1. The quantitative estimate of drug-likeness (QED) is 0.130. The molecule has 0 aliphatic heterocycles. The average molecular weight is 891 g/mol. The molecule has 0 unspecified atom stereocenters. The minimum absolute atomic E-state index is 0. The van der Waals surface area contributed by atoms with Crippen molar-refractivity contribution in [2.45, 2.75) is 26.2 Å². The van der Waals surface area contributed by atoms with Gasteiger partial charge in [0, 0.05) is 75.8 Å². The first-order valence-corrected chi connectivity index (χ1v) is 15.5. The SMILES string of the molecule is [Ag+].[Ag+].[O-][Cl+3]([O-])([O-])[O-].[O-][Cl+3]([O-])([O-])[O-].c1ccc(Cn2ccnc2)c(Cn2ccnc2)c1.c1ccc(Cn2ccnc2)c(Cn2ccnc2)c1. The molecule has 0 radical (unpaired) electrons. The Morgan fingerprint density at radius 1 is 0.396 bits per heavy atom. The molecule has 48 heavy (non-hydrogen) atoms. The zero-order chi connectivity index (χ0) is 33.4. The molecule has 0 spiro atoms. The minimum Gasteiger partial charge on any atom is -0.333 e. The third-order valence-electron chi connectivity index (χ3n) is 5.89. The molecule has 16 nitrogen and oxygen atoms in total. The van der Waals surface area contributed by atoms with E-state index in [2.05, 4.69) is 86.7 Å². The first-order chi connectivity index (χ1) is 21.8. The van der Waals surface area contributed by atoms with Crippen LogP contribution in [-0.4, -0.2) is 38.2 Å². The number of aromatic nitrogens is 8. The van der Waals surface area contributed by atoms with Gasteiger partial charge in [-0.15, -0.1) is 20.5 Å². The molecule has 4 heterocycles. The van der Waals surface area contributed by atoms with Crippen LogP contribution in [-0.2, 0) is 70.9 Å². The first-order valence-electron chi connectivity index (χ1n) is 13.0. The maximum absolute atomic E-state index is 8.49. The van der Waals surface area contributed by atoms with Gasteiger partial charge in [0.15, 0.2) is 0 Å². The predicted molar refractivity (Wildman–Crippen MR) is 138 cm³/mol. The van der Waals surface area contributed by atoms with Crippen LogP contribution in [0.2, 0.25) is 0 Å². The van der Waals surface area contributed by atoms with Crippen LogP contribution in [0.25, 0.3) is 0 Å². The van der Waals surface area contributed by atoms with Crippen molar-refractivity contribution >= 4 is 0 Å². The van der Waals surface area contributed by atoms with E-state index in [-0.39, 0.29) is 44.8 Å². The van der Waals surface area contributed by atoms with Crippen molar-refractivity contribution in [1.82, 2.24) is 38.2 Å². The normalized spacial score (nSPS) is 10.5. The summed E-state index contributed by atoms with van der Waals surface area (Å²) in [5.74, 6) is 0. The van der Waals surface area contributed by atoms with Crippen molar-refractivity contribution in [3.05, 3.63) is 146 Å². The second-order valence-corrected chi connectivity index (χ2v) is 10.7. The third-order valence-corrected chi connectivity index (χ3v) is 5.89. The summed E-state index contributed by atoms with van der Waals surface area (Å²) in [6.45, 7) is 3.41. The molecule has 0 saturated carbocycles. The van der Waals surface area contributed by atoms with Crippen LogP contribution < -0.4 is 37.3 Å². The Bertz CT molecular complexity index is 1410. The van der Waals surface area contributed by atoms with Gasteiger partial charge in [-0.05, 0) is 22.3 Å². The predicted octanol–water partition coefficient (Wildman–Crippen LogP) is -5.16. The van der Waals surface area contributed by atoms with Crippen molar-refractivity contribution in [1.29, 1.82) is 0 Å². The fourth-order valence-electron chi connectivity index (χ4n) is 4.04. The molecule has 2 aromatic carbocycles. The van der Waals surface area contributed by atoms with Gasteiger partial charge in [-0.25, -0.2) is 57.2 Å². The van der Waals surface area contributed by atoms with Gasteiger partial charge in [0.1, 0.15) is 0 Å². The molecule has 0 amide bonds. The van der Waals surface area contributed by atoms with E-state index in [1.165, 1.54) is 22.3 Å². The molecule has 0 fully saturated rings. The molecule has 0 saturated heterocycles. The molecule has 264 valence electrons. The average Bonchev–Trinajstić information content (AvgIpc) is 3.79. The van der Waals surface area contributed by atoms with Crippen LogP contribution in [0, 0.1) is 20.5 Å².